The predicted octanol–water partition coefficient (Wildman–Crippen LogP) is 3.29. The first-order chi connectivity index (χ1) is 9.47. The van der Waals surface area contributed by atoms with Crippen molar-refractivity contribution >= 4 is 17.3 Å². The van der Waals surface area contributed by atoms with Crippen LogP contribution < -0.4 is 5.32 Å². The quantitative estimate of drug-likeness (QED) is 0.689. The first-order valence-corrected chi connectivity index (χ1v) is 5.79. The summed E-state index contributed by atoms with van der Waals surface area (Å²) >= 11 is 0. The molecular weight excluding hydrogens is 263 g/mol. The van der Waals surface area contributed by atoms with Gasteiger partial charge in [0.15, 0.2) is 0 Å². The lowest BCUT2D eigenvalue weighted by atomic mass is 10.1. The molecule has 0 aliphatic rings. The number of nitro groups is 1. The molecule has 0 unspecified atom stereocenters. The first-order valence-electron chi connectivity index (χ1n) is 5.79. The maximum atomic E-state index is 13.2. The van der Waals surface area contributed by atoms with Crippen LogP contribution in [0, 0.1) is 22.9 Å². The Balaban J connectivity index is 2.24. The van der Waals surface area contributed by atoms with Crippen molar-refractivity contribution in [2.24, 2.45) is 0 Å². The second-order valence-corrected chi connectivity index (χ2v) is 4.25. The second kappa shape index (κ2) is 5.48. The second-order valence-electron chi connectivity index (χ2n) is 4.25. The lowest BCUT2D eigenvalue weighted by molar-refractivity contribution is -0.387. The summed E-state index contributed by atoms with van der Waals surface area (Å²) in [5, 5.41) is 13.1. The molecule has 0 heterocycles. The summed E-state index contributed by atoms with van der Waals surface area (Å²) < 4.78 is 13.2. The number of halogens is 1. The lowest BCUT2D eigenvalue weighted by Gasteiger charge is -2.06. The molecular formula is C14H11FN2O3. The van der Waals surface area contributed by atoms with Crippen LogP contribution in [0.2, 0.25) is 0 Å². The Morgan fingerprint density at radius 3 is 2.65 bits per heavy atom. The first kappa shape index (κ1) is 13.7. The number of amides is 1. The molecule has 0 saturated heterocycles. The van der Waals surface area contributed by atoms with Gasteiger partial charge in [-0.25, -0.2) is 0 Å². The summed E-state index contributed by atoms with van der Waals surface area (Å²) in [4.78, 5) is 21.7. The highest BCUT2D eigenvalue weighted by molar-refractivity contribution is 6.04. The molecule has 2 aromatic carbocycles. The van der Waals surface area contributed by atoms with Gasteiger partial charge in [-0.1, -0.05) is 17.7 Å². The van der Waals surface area contributed by atoms with Gasteiger partial charge in [-0.3, -0.25) is 14.9 Å². The molecule has 1 amide bonds. The number of anilines is 1. The van der Waals surface area contributed by atoms with Crippen LogP contribution in [0.3, 0.4) is 0 Å². The van der Waals surface area contributed by atoms with Gasteiger partial charge in [-0.05, 0) is 31.2 Å². The summed E-state index contributed by atoms with van der Waals surface area (Å²) in [5.74, 6) is -1.35. The summed E-state index contributed by atoms with van der Waals surface area (Å²) in [7, 11) is 0. The fourth-order valence-corrected chi connectivity index (χ4v) is 1.72. The Labute approximate surface area is 114 Å². The maximum Gasteiger partial charge on any atom is 0.306 e. The highest BCUT2D eigenvalue weighted by atomic mass is 19.1. The number of carbonyl (C=O) groups is 1. The van der Waals surface area contributed by atoms with Gasteiger partial charge in [0.1, 0.15) is 0 Å². The lowest BCUT2D eigenvalue weighted by Crippen LogP contribution is -2.12. The van der Waals surface area contributed by atoms with Crippen molar-refractivity contribution in [1.29, 1.82) is 0 Å². The van der Waals surface area contributed by atoms with Crippen molar-refractivity contribution in [3.05, 3.63) is 69.5 Å². The largest absolute Gasteiger partial charge is 0.322 e. The van der Waals surface area contributed by atoms with Crippen LogP contribution in [-0.4, -0.2) is 10.8 Å². The van der Waals surface area contributed by atoms with E-state index in [1.165, 1.54) is 6.07 Å². The van der Waals surface area contributed by atoms with Crippen molar-refractivity contribution in [2.75, 3.05) is 5.32 Å². The third-order valence-corrected chi connectivity index (χ3v) is 2.68. The normalized spacial score (nSPS) is 10.1. The SMILES string of the molecule is Cc1cccc(C(=O)Nc2ccc(F)c([N+](=O)[O-])c2)c1. The summed E-state index contributed by atoms with van der Waals surface area (Å²) in [6.07, 6.45) is 0. The molecule has 0 atom stereocenters. The zero-order chi connectivity index (χ0) is 14.7. The molecule has 6 heteroatoms. The molecule has 5 nitrogen and oxygen atoms in total. The van der Waals surface area contributed by atoms with Crippen LogP contribution in [0.4, 0.5) is 15.8 Å². The summed E-state index contributed by atoms with van der Waals surface area (Å²) in [6, 6.07) is 10.1. The molecule has 2 rings (SSSR count). The van der Waals surface area contributed by atoms with E-state index in [0.29, 0.717) is 5.56 Å². The summed E-state index contributed by atoms with van der Waals surface area (Å²) in [6.45, 7) is 1.85. The third kappa shape index (κ3) is 2.97. The van der Waals surface area contributed by atoms with Crippen molar-refractivity contribution in [3.8, 4) is 0 Å². The van der Waals surface area contributed by atoms with Gasteiger partial charge >= 0.3 is 5.69 Å². The minimum absolute atomic E-state index is 0.171. The molecule has 102 valence electrons. The molecule has 0 aliphatic heterocycles. The molecule has 0 aliphatic carbocycles. The monoisotopic (exact) mass is 274 g/mol. The third-order valence-electron chi connectivity index (χ3n) is 2.68. The zero-order valence-electron chi connectivity index (χ0n) is 10.6. The van der Waals surface area contributed by atoms with E-state index in [1.54, 1.807) is 18.2 Å². The fourth-order valence-electron chi connectivity index (χ4n) is 1.72. The van der Waals surface area contributed by atoms with Crippen LogP contribution in [0.15, 0.2) is 42.5 Å². The molecule has 20 heavy (non-hydrogen) atoms. The predicted molar refractivity (Wildman–Crippen MR) is 72.2 cm³/mol. The van der Waals surface area contributed by atoms with Crippen molar-refractivity contribution in [2.45, 2.75) is 6.92 Å². The number of nitrogens with one attached hydrogen (secondary N) is 1. The fraction of sp³-hybridized carbons (Fsp3) is 0.0714. The van der Waals surface area contributed by atoms with Crippen molar-refractivity contribution in [3.63, 3.8) is 0 Å². The molecule has 0 fully saturated rings. The number of nitro benzene ring substituents is 1. The highest BCUT2D eigenvalue weighted by Crippen LogP contribution is 2.22. The van der Waals surface area contributed by atoms with Crippen molar-refractivity contribution in [1.82, 2.24) is 0 Å². The Hall–Kier alpha value is -2.76. The number of hydrogen-bond acceptors (Lipinski definition) is 3. The smallest absolute Gasteiger partial charge is 0.306 e. The van der Waals surface area contributed by atoms with E-state index in [0.717, 1.165) is 17.7 Å². The molecule has 0 radical (unpaired) electrons. The maximum absolute atomic E-state index is 13.2. The van der Waals surface area contributed by atoms with Gasteiger partial charge in [0.2, 0.25) is 5.82 Å². The number of carbonyl (C=O) groups excluding carboxylic acids is 1. The van der Waals surface area contributed by atoms with E-state index >= 15 is 0 Å². The van der Waals surface area contributed by atoms with Gasteiger partial charge < -0.3 is 5.32 Å². The number of hydrogen-bond donors (Lipinski definition) is 1. The highest BCUT2D eigenvalue weighted by Gasteiger charge is 2.15. The van der Waals surface area contributed by atoms with Gasteiger partial charge in [-0.2, -0.15) is 4.39 Å². The standard InChI is InChI=1S/C14H11FN2O3/c1-9-3-2-4-10(7-9)14(18)16-11-5-6-12(15)13(8-11)17(19)20/h2-8H,1H3,(H,16,18). The zero-order valence-corrected chi connectivity index (χ0v) is 10.6. The van der Waals surface area contributed by atoms with Crippen LogP contribution in [0.1, 0.15) is 15.9 Å². The molecule has 0 bridgehead atoms. The number of rotatable bonds is 3. The Morgan fingerprint density at radius 2 is 2.00 bits per heavy atom. The average molecular weight is 274 g/mol. The van der Waals surface area contributed by atoms with E-state index < -0.39 is 22.3 Å². The van der Waals surface area contributed by atoms with Crippen LogP contribution >= 0.6 is 0 Å². The van der Waals surface area contributed by atoms with E-state index in [-0.39, 0.29) is 5.69 Å². The summed E-state index contributed by atoms with van der Waals surface area (Å²) in [5.41, 5.74) is 0.844. The van der Waals surface area contributed by atoms with Crippen LogP contribution in [0.5, 0.6) is 0 Å². The molecule has 0 spiro atoms. The minimum atomic E-state index is -0.941. The van der Waals surface area contributed by atoms with Crippen LogP contribution in [-0.2, 0) is 0 Å². The number of aryl methyl sites for hydroxylation is 1. The number of nitrogens with zero attached hydrogens (tertiary/aromatic N) is 1. The molecule has 0 saturated carbocycles. The average Bonchev–Trinajstić information content (AvgIpc) is 2.40. The van der Waals surface area contributed by atoms with Gasteiger partial charge in [0.25, 0.3) is 5.91 Å². The minimum Gasteiger partial charge on any atom is -0.322 e. The molecule has 2 aromatic rings. The Bertz CT molecular complexity index is 686. The van der Waals surface area contributed by atoms with Gasteiger partial charge in [0.05, 0.1) is 4.92 Å². The van der Waals surface area contributed by atoms with E-state index in [2.05, 4.69) is 5.32 Å². The van der Waals surface area contributed by atoms with Crippen LogP contribution in [0.25, 0.3) is 0 Å². The van der Waals surface area contributed by atoms with E-state index in [4.69, 9.17) is 0 Å². The topological polar surface area (TPSA) is 72.2 Å². The van der Waals surface area contributed by atoms with Crippen molar-refractivity contribution < 1.29 is 14.1 Å². The van der Waals surface area contributed by atoms with E-state index in [9.17, 15) is 19.3 Å². The van der Waals surface area contributed by atoms with Gasteiger partial charge in [-0.15, -0.1) is 0 Å². The number of benzene rings is 2. The Kier molecular flexibility index (Phi) is 3.74. The van der Waals surface area contributed by atoms with Gasteiger partial charge in [0, 0.05) is 17.3 Å². The Morgan fingerprint density at radius 1 is 1.25 bits per heavy atom. The molecule has 1 N–H and O–H groups in total. The van der Waals surface area contributed by atoms with E-state index in [1.807, 2.05) is 13.0 Å². The molecule has 0 aromatic heterocycles.